The number of pyridine rings is 1. The van der Waals surface area contributed by atoms with Crippen LogP contribution in [0.4, 0.5) is 11.5 Å². The SMILES string of the molecule is CC(C)C(=O)NC1CC2CCC(C1)N2c1ccc(NS(C)(=O)=O)cn1. The van der Waals surface area contributed by atoms with Gasteiger partial charge in [-0.15, -0.1) is 0 Å². The Kier molecular flexibility index (Phi) is 4.90. The van der Waals surface area contributed by atoms with E-state index in [-0.39, 0.29) is 17.9 Å². The van der Waals surface area contributed by atoms with E-state index in [1.165, 1.54) is 0 Å². The lowest BCUT2D eigenvalue weighted by atomic mass is 9.96. The number of nitrogens with one attached hydrogen (secondary N) is 2. The molecule has 2 unspecified atom stereocenters. The summed E-state index contributed by atoms with van der Waals surface area (Å²) in [5, 5.41) is 3.16. The van der Waals surface area contributed by atoms with E-state index in [0.717, 1.165) is 37.8 Å². The molecule has 1 amide bonds. The normalized spacial score (nSPS) is 25.9. The summed E-state index contributed by atoms with van der Waals surface area (Å²) in [7, 11) is -3.29. The highest BCUT2D eigenvalue weighted by molar-refractivity contribution is 7.92. The Morgan fingerprint density at radius 3 is 2.36 bits per heavy atom. The van der Waals surface area contributed by atoms with Gasteiger partial charge in [0.2, 0.25) is 15.9 Å². The van der Waals surface area contributed by atoms with Gasteiger partial charge in [-0.25, -0.2) is 13.4 Å². The van der Waals surface area contributed by atoms with Crippen molar-refractivity contribution in [3.05, 3.63) is 18.3 Å². The number of carbonyl (C=O) groups excluding carboxylic acids is 1. The van der Waals surface area contributed by atoms with Crippen molar-refractivity contribution >= 4 is 27.4 Å². The summed E-state index contributed by atoms with van der Waals surface area (Å²) in [4.78, 5) is 18.7. The van der Waals surface area contributed by atoms with Gasteiger partial charge >= 0.3 is 0 Å². The molecule has 2 aliphatic heterocycles. The molecule has 138 valence electrons. The van der Waals surface area contributed by atoms with Crippen LogP contribution in [-0.2, 0) is 14.8 Å². The van der Waals surface area contributed by atoms with Crippen molar-refractivity contribution in [3.63, 3.8) is 0 Å². The third kappa shape index (κ3) is 4.23. The Morgan fingerprint density at radius 2 is 1.88 bits per heavy atom. The second-order valence-electron chi connectivity index (χ2n) is 7.40. The van der Waals surface area contributed by atoms with Crippen LogP contribution in [0.25, 0.3) is 0 Å². The lowest BCUT2D eigenvalue weighted by Crippen LogP contribution is -2.51. The number of carbonyl (C=O) groups is 1. The summed E-state index contributed by atoms with van der Waals surface area (Å²) in [6.07, 6.45) is 6.74. The lowest BCUT2D eigenvalue weighted by molar-refractivity contribution is -0.124. The van der Waals surface area contributed by atoms with Gasteiger partial charge < -0.3 is 10.2 Å². The zero-order valence-corrected chi connectivity index (χ0v) is 15.7. The van der Waals surface area contributed by atoms with E-state index < -0.39 is 10.0 Å². The quantitative estimate of drug-likeness (QED) is 0.828. The van der Waals surface area contributed by atoms with E-state index in [9.17, 15) is 13.2 Å². The van der Waals surface area contributed by atoms with Gasteiger partial charge in [0, 0.05) is 24.0 Å². The third-order valence-electron chi connectivity index (χ3n) is 4.92. The van der Waals surface area contributed by atoms with Crippen molar-refractivity contribution in [2.24, 2.45) is 5.92 Å². The Balaban J connectivity index is 1.68. The van der Waals surface area contributed by atoms with E-state index in [4.69, 9.17) is 0 Å². The first-order valence-electron chi connectivity index (χ1n) is 8.75. The summed E-state index contributed by atoms with van der Waals surface area (Å²) in [6.45, 7) is 3.82. The molecule has 1 aromatic rings. The fourth-order valence-corrected chi connectivity index (χ4v) is 4.40. The number of hydrogen-bond donors (Lipinski definition) is 2. The van der Waals surface area contributed by atoms with Gasteiger partial charge in [-0.1, -0.05) is 13.8 Å². The highest BCUT2D eigenvalue weighted by Gasteiger charge is 2.41. The molecule has 0 spiro atoms. The molecule has 8 heteroatoms. The summed E-state index contributed by atoms with van der Waals surface area (Å²) in [5.41, 5.74) is 0.470. The molecule has 2 aliphatic rings. The van der Waals surface area contributed by atoms with Crippen LogP contribution in [0.1, 0.15) is 39.5 Å². The van der Waals surface area contributed by atoms with Crippen LogP contribution < -0.4 is 14.9 Å². The third-order valence-corrected chi connectivity index (χ3v) is 5.53. The van der Waals surface area contributed by atoms with Crippen LogP contribution in [-0.4, -0.2) is 43.7 Å². The average Bonchev–Trinajstić information content (AvgIpc) is 2.78. The molecule has 7 nitrogen and oxygen atoms in total. The molecule has 3 heterocycles. The molecule has 2 fully saturated rings. The minimum Gasteiger partial charge on any atom is -0.353 e. The smallest absolute Gasteiger partial charge is 0.229 e. The molecule has 2 N–H and O–H groups in total. The topological polar surface area (TPSA) is 91.4 Å². The Bertz CT molecular complexity index is 719. The number of rotatable bonds is 5. The maximum Gasteiger partial charge on any atom is 0.229 e. The highest BCUT2D eigenvalue weighted by atomic mass is 32.2. The number of sulfonamides is 1. The van der Waals surface area contributed by atoms with Crippen LogP contribution >= 0.6 is 0 Å². The maximum atomic E-state index is 12.0. The number of hydrogen-bond acceptors (Lipinski definition) is 5. The summed E-state index contributed by atoms with van der Waals surface area (Å²) in [6, 6.07) is 4.59. The predicted octanol–water partition coefficient (Wildman–Crippen LogP) is 1.73. The van der Waals surface area contributed by atoms with Gasteiger partial charge in [0.1, 0.15) is 5.82 Å². The molecule has 0 saturated carbocycles. The number of anilines is 2. The molecular weight excluding hydrogens is 340 g/mol. The predicted molar refractivity (Wildman–Crippen MR) is 98.0 cm³/mol. The highest BCUT2D eigenvalue weighted by Crippen LogP contribution is 2.38. The number of nitrogens with zero attached hydrogens (tertiary/aromatic N) is 2. The Hall–Kier alpha value is -1.83. The van der Waals surface area contributed by atoms with Gasteiger partial charge in [0.15, 0.2) is 0 Å². The standard InChI is InChI=1S/C17H26N4O3S/c1-11(2)17(22)19-13-8-14-5-6-15(9-13)21(14)16-7-4-12(10-18-16)20-25(3,23)24/h4,7,10-11,13-15,20H,5-6,8-9H2,1-3H3,(H,19,22). The molecular formula is C17H26N4O3S. The summed E-state index contributed by atoms with van der Waals surface area (Å²) < 4.78 is 25.0. The van der Waals surface area contributed by atoms with E-state index in [2.05, 4.69) is 19.9 Å². The van der Waals surface area contributed by atoms with Gasteiger partial charge in [0.25, 0.3) is 0 Å². The lowest BCUT2D eigenvalue weighted by Gasteiger charge is -2.40. The zero-order chi connectivity index (χ0) is 18.2. The van der Waals surface area contributed by atoms with Crippen molar-refractivity contribution in [2.45, 2.75) is 57.7 Å². The van der Waals surface area contributed by atoms with Gasteiger partial charge in [-0.3, -0.25) is 9.52 Å². The molecule has 0 aliphatic carbocycles. The molecule has 1 aromatic heterocycles. The second kappa shape index (κ2) is 6.82. The van der Waals surface area contributed by atoms with Gasteiger partial charge in [-0.2, -0.15) is 0 Å². The van der Waals surface area contributed by atoms with Crippen LogP contribution in [0.3, 0.4) is 0 Å². The van der Waals surface area contributed by atoms with E-state index in [0.29, 0.717) is 17.8 Å². The van der Waals surface area contributed by atoms with Crippen LogP contribution in [0.5, 0.6) is 0 Å². The van der Waals surface area contributed by atoms with Crippen molar-refractivity contribution in [2.75, 3.05) is 15.9 Å². The molecule has 0 aromatic carbocycles. The molecule has 2 atom stereocenters. The average molecular weight is 366 g/mol. The fraction of sp³-hybridized carbons (Fsp3) is 0.647. The Morgan fingerprint density at radius 1 is 1.24 bits per heavy atom. The zero-order valence-electron chi connectivity index (χ0n) is 14.9. The Labute approximate surface area is 149 Å². The fourth-order valence-electron chi connectivity index (χ4n) is 3.85. The number of amides is 1. The van der Waals surface area contributed by atoms with Gasteiger partial charge in [-0.05, 0) is 37.8 Å². The number of fused-ring (bicyclic) bond motifs is 2. The van der Waals surface area contributed by atoms with Gasteiger partial charge in [0.05, 0.1) is 18.1 Å². The first-order chi connectivity index (χ1) is 11.7. The number of aromatic nitrogens is 1. The summed E-state index contributed by atoms with van der Waals surface area (Å²) >= 11 is 0. The van der Waals surface area contributed by atoms with Crippen molar-refractivity contribution in [1.29, 1.82) is 0 Å². The number of piperidine rings is 1. The molecule has 3 rings (SSSR count). The van der Waals surface area contributed by atoms with E-state index in [1.54, 1.807) is 12.3 Å². The minimum atomic E-state index is -3.29. The minimum absolute atomic E-state index is 0.00670. The van der Waals surface area contributed by atoms with Crippen LogP contribution in [0.2, 0.25) is 0 Å². The second-order valence-corrected chi connectivity index (χ2v) is 9.15. The first kappa shape index (κ1) is 18.0. The summed E-state index contributed by atoms with van der Waals surface area (Å²) in [5.74, 6) is 1.000. The van der Waals surface area contributed by atoms with Crippen molar-refractivity contribution in [1.82, 2.24) is 10.3 Å². The van der Waals surface area contributed by atoms with Crippen LogP contribution in [0, 0.1) is 5.92 Å². The molecule has 2 saturated heterocycles. The van der Waals surface area contributed by atoms with E-state index >= 15 is 0 Å². The molecule has 0 radical (unpaired) electrons. The van der Waals surface area contributed by atoms with Crippen molar-refractivity contribution < 1.29 is 13.2 Å². The monoisotopic (exact) mass is 366 g/mol. The first-order valence-corrected chi connectivity index (χ1v) is 10.6. The molecule has 2 bridgehead atoms. The maximum absolute atomic E-state index is 12.0. The van der Waals surface area contributed by atoms with E-state index in [1.807, 2.05) is 19.9 Å². The van der Waals surface area contributed by atoms with Crippen molar-refractivity contribution in [3.8, 4) is 0 Å². The molecule has 25 heavy (non-hydrogen) atoms. The van der Waals surface area contributed by atoms with Crippen LogP contribution in [0.15, 0.2) is 18.3 Å². The largest absolute Gasteiger partial charge is 0.353 e.